The van der Waals surface area contributed by atoms with Crippen molar-refractivity contribution in [2.75, 3.05) is 39.6 Å². The maximum absolute atomic E-state index is 12.5. The fourth-order valence-corrected chi connectivity index (χ4v) is 3.06. The van der Waals surface area contributed by atoms with Gasteiger partial charge in [-0.05, 0) is 31.5 Å². The van der Waals surface area contributed by atoms with Crippen LogP contribution in [0.4, 0.5) is 4.79 Å². The molecule has 2 heterocycles. The number of nitrogens with zero attached hydrogens (tertiary/aromatic N) is 2. The Bertz CT molecular complexity index is 658. The first kappa shape index (κ1) is 18.3. The number of benzene rings is 1. The first-order chi connectivity index (χ1) is 12.6. The minimum atomic E-state index is -0.285. The molecule has 0 radical (unpaired) electrons. The summed E-state index contributed by atoms with van der Waals surface area (Å²) in [6, 6.07) is 5.39. The molecule has 1 fully saturated rings. The normalized spacial score (nSPS) is 17.7. The van der Waals surface area contributed by atoms with Gasteiger partial charge in [-0.15, -0.1) is 0 Å². The third kappa shape index (κ3) is 4.19. The second kappa shape index (κ2) is 8.27. The Kier molecular flexibility index (Phi) is 5.82. The average molecular weight is 363 g/mol. The lowest BCUT2D eigenvalue weighted by Crippen LogP contribution is -2.55. The van der Waals surface area contributed by atoms with E-state index in [1.165, 1.54) is 0 Å². The molecule has 2 aliphatic heterocycles. The average Bonchev–Trinajstić information content (AvgIpc) is 3.13. The molecule has 8 nitrogen and oxygen atoms in total. The summed E-state index contributed by atoms with van der Waals surface area (Å²) in [5.74, 6) is 1.40. The Morgan fingerprint density at radius 1 is 1.19 bits per heavy atom. The lowest BCUT2D eigenvalue weighted by Gasteiger charge is -2.36. The van der Waals surface area contributed by atoms with Gasteiger partial charge in [-0.3, -0.25) is 9.69 Å². The number of piperazine rings is 1. The van der Waals surface area contributed by atoms with Gasteiger partial charge in [0.2, 0.25) is 12.7 Å². The molecule has 1 aromatic carbocycles. The van der Waals surface area contributed by atoms with Gasteiger partial charge in [-0.25, -0.2) is 4.79 Å². The van der Waals surface area contributed by atoms with Crippen molar-refractivity contribution in [2.24, 2.45) is 0 Å². The molecule has 142 valence electrons. The highest BCUT2D eigenvalue weighted by atomic mass is 16.7. The van der Waals surface area contributed by atoms with E-state index in [2.05, 4.69) is 10.2 Å². The number of amides is 2. The van der Waals surface area contributed by atoms with Crippen LogP contribution in [0.15, 0.2) is 18.2 Å². The number of carbonyl (C=O) groups excluding carboxylic acids is 2. The number of carbonyl (C=O) groups is 2. The maximum Gasteiger partial charge on any atom is 0.409 e. The Morgan fingerprint density at radius 3 is 2.65 bits per heavy atom. The fraction of sp³-hybridized carbons (Fsp3) is 0.556. The van der Waals surface area contributed by atoms with Crippen LogP contribution in [-0.4, -0.2) is 67.4 Å². The van der Waals surface area contributed by atoms with Crippen LogP contribution in [-0.2, 0) is 16.1 Å². The molecule has 0 bridgehead atoms. The van der Waals surface area contributed by atoms with Crippen molar-refractivity contribution in [1.29, 1.82) is 0 Å². The number of fused-ring (bicyclic) bond motifs is 1. The van der Waals surface area contributed by atoms with E-state index < -0.39 is 0 Å². The van der Waals surface area contributed by atoms with Gasteiger partial charge < -0.3 is 24.4 Å². The van der Waals surface area contributed by atoms with Crippen LogP contribution < -0.4 is 14.8 Å². The smallest absolute Gasteiger partial charge is 0.409 e. The summed E-state index contributed by atoms with van der Waals surface area (Å²) in [6.07, 6.45) is -0.285. The van der Waals surface area contributed by atoms with E-state index in [4.69, 9.17) is 14.2 Å². The molecule has 1 saturated heterocycles. The molecule has 0 aromatic heterocycles. The van der Waals surface area contributed by atoms with Crippen molar-refractivity contribution in [3.05, 3.63) is 23.8 Å². The van der Waals surface area contributed by atoms with Gasteiger partial charge in [0, 0.05) is 32.7 Å². The molecular weight excluding hydrogens is 338 g/mol. The number of nitrogens with one attached hydrogen (secondary N) is 1. The van der Waals surface area contributed by atoms with Gasteiger partial charge in [0.05, 0.1) is 12.6 Å². The molecule has 8 heteroatoms. The van der Waals surface area contributed by atoms with Gasteiger partial charge >= 0.3 is 6.09 Å². The Morgan fingerprint density at radius 2 is 1.92 bits per heavy atom. The van der Waals surface area contributed by atoms with Gasteiger partial charge in [-0.2, -0.15) is 0 Å². The quantitative estimate of drug-likeness (QED) is 0.847. The van der Waals surface area contributed by atoms with E-state index in [0.717, 1.165) is 11.3 Å². The Balaban J connectivity index is 1.45. The summed E-state index contributed by atoms with van der Waals surface area (Å²) in [5, 5.41) is 2.96. The highest BCUT2D eigenvalue weighted by Crippen LogP contribution is 2.32. The Hall–Kier alpha value is -2.48. The summed E-state index contributed by atoms with van der Waals surface area (Å²) >= 11 is 0. The molecule has 0 aliphatic carbocycles. The number of hydrogen-bond donors (Lipinski definition) is 1. The topological polar surface area (TPSA) is 80.3 Å². The molecule has 1 N–H and O–H groups in total. The lowest BCUT2D eigenvalue weighted by atomic mass is 10.2. The van der Waals surface area contributed by atoms with Gasteiger partial charge in [-0.1, -0.05) is 6.07 Å². The van der Waals surface area contributed by atoms with Crippen LogP contribution in [0.3, 0.4) is 0 Å². The molecule has 0 spiro atoms. The van der Waals surface area contributed by atoms with Crippen LogP contribution in [0.2, 0.25) is 0 Å². The number of ether oxygens (including phenoxy) is 3. The van der Waals surface area contributed by atoms with Gasteiger partial charge in [0.1, 0.15) is 0 Å². The summed E-state index contributed by atoms with van der Waals surface area (Å²) in [5.41, 5.74) is 0.960. The van der Waals surface area contributed by atoms with Gasteiger partial charge in [0.25, 0.3) is 0 Å². The van der Waals surface area contributed by atoms with E-state index in [1.807, 2.05) is 25.1 Å². The largest absolute Gasteiger partial charge is 0.454 e. The highest BCUT2D eigenvalue weighted by Gasteiger charge is 2.27. The SMILES string of the molecule is CCOC(=O)N1CCN(C(C)C(=O)NCc2ccc3c(c2)OCO3)CC1. The number of hydrogen-bond acceptors (Lipinski definition) is 6. The molecule has 0 saturated carbocycles. The van der Waals surface area contributed by atoms with Crippen molar-refractivity contribution in [1.82, 2.24) is 15.1 Å². The van der Waals surface area contributed by atoms with Crippen molar-refractivity contribution in [3.63, 3.8) is 0 Å². The summed E-state index contributed by atoms with van der Waals surface area (Å²) in [6.45, 7) is 7.15. The first-order valence-electron chi connectivity index (χ1n) is 8.90. The van der Waals surface area contributed by atoms with Crippen LogP contribution in [0.25, 0.3) is 0 Å². The monoisotopic (exact) mass is 363 g/mol. The standard InChI is InChI=1S/C18H25N3O5/c1-3-24-18(23)21-8-6-20(7-9-21)13(2)17(22)19-11-14-4-5-15-16(10-14)26-12-25-15/h4-5,10,13H,3,6-9,11-12H2,1-2H3,(H,19,22). The fourth-order valence-electron chi connectivity index (χ4n) is 3.06. The lowest BCUT2D eigenvalue weighted by molar-refractivity contribution is -0.126. The minimum absolute atomic E-state index is 0.0350. The highest BCUT2D eigenvalue weighted by molar-refractivity contribution is 5.81. The van der Waals surface area contributed by atoms with E-state index >= 15 is 0 Å². The molecular formula is C18H25N3O5. The zero-order chi connectivity index (χ0) is 18.5. The van der Waals surface area contributed by atoms with Crippen LogP contribution >= 0.6 is 0 Å². The van der Waals surface area contributed by atoms with Crippen molar-refractivity contribution in [2.45, 2.75) is 26.4 Å². The first-order valence-corrected chi connectivity index (χ1v) is 8.90. The third-order valence-corrected chi connectivity index (χ3v) is 4.67. The van der Waals surface area contributed by atoms with E-state index in [1.54, 1.807) is 11.8 Å². The van der Waals surface area contributed by atoms with Crippen LogP contribution in [0.1, 0.15) is 19.4 Å². The minimum Gasteiger partial charge on any atom is -0.454 e. The molecule has 26 heavy (non-hydrogen) atoms. The van der Waals surface area contributed by atoms with E-state index in [0.29, 0.717) is 45.1 Å². The molecule has 1 unspecified atom stereocenters. The van der Waals surface area contributed by atoms with Crippen molar-refractivity contribution < 1.29 is 23.8 Å². The zero-order valence-electron chi connectivity index (χ0n) is 15.2. The van der Waals surface area contributed by atoms with E-state index in [9.17, 15) is 9.59 Å². The van der Waals surface area contributed by atoms with Crippen LogP contribution in [0, 0.1) is 0 Å². The predicted octanol–water partition coefficient (Wildman–Crippen LogP) is 1.19. The summed E-state index contributed by atoms with van der Waals surface area (Å²) < 4.78 is 15.6. The van der Waals surface area contributed by atoms with Crippen molar-refractivity contribution >= 4 is 12.0 Å². The number of rotatable bonds is 5. The van der Waals surface area contributed by atoms with Crippen LogP contribution in [0.5, 0.6) is 11.5 Å². The Labute approximate surface area is 153 Å². The third-order valence-electron chi connectivity index (χ3n) is 4.67. The second-order valence-corrected chi connectivity index (χ2v) is 6.30. The second-order valence-electron chi connectivity index (χ2n) is 6.30. The van der Waals surface area contributed by atoms with Gasteiger partial charge in [0.15, 0.2) is 11.5 Å². The molecule has 3 rings (SSSR count). The van der Waals surface area contributed by atoms with E-state index in [-0.39, 0.29) is 24.8 Å². The molecule has 2 aliphatic rings. The maximum atomic E-state index is 12.5. The molecule has 1 atom stereocenters. The molecule has 2 amide bonds. The summed E-state index contributed by atoms with van der Waals surface area (Å²) in [7, 11) is 0. The van der Waals surface area contributed by atoms with Crippen molar-refractivity contribution in [3.8, 4) is 11.5 Å². The summed E-state index contributed by atoms with van der Waals surface area (Å²) in [4.78, 5) is 27.9. The molecule has 1 aromatic rings. The predicted molar refractivity (Wildman–Crippen MR) is 94.0 cm³/mol. The zero-order valence-corrected chi connectivity index (χ0v) is 15.2.